The molecule has 0 fully saturated rings. The number of hydrogen-bond donors (Lipinski definition) is 0. The fourth-order valence-corrected chi connectivity index (χ4v) is 16.1. The van der Waals surface area contributed by atoms with Gasteiger partial charge in [-0.3, -0.25) is 0 Å². The van der Waals surface area contributed by atoms with Gasteiger partial charge in [0.15, 0.2) is 0 Å². The number of benzene rings is 14. The van der Waals surface area contributed by atoms with Gasteiger partial charge in [-0.15, -0.1) is 0 Å². The van der Waals surface area contributed by atoms with E-state index in [1.807, 2.05) is 0 Å². The van der Waals surface area contributed by atoms with E-state index in [0.717, 1.165) is 101 Å². The van der Waals surface area contributed by atoms with Crippen LogP contribution in [0.3, 0.4) is 0 Å². The van der Waals surface area contributed by atoms with E-state index in [-0.39, 0.29) is 17.5 Å². The van der Waals surface area contributed by atoms with E-state index >= 15 is 0 Å². The third kappa shape index (κ3) is 9.71. The largest absolute Gasteiger partial charge is 0.311 e. The first-order valence-electron chi connectivity index (χ1n) is 33.9. The summed E-state index contributed by atoms with van der Waals surface area (Å²) in [7, 11) is 0. The molecule has 0 radical (unpaired) electrons. The lowest BCUT2D eigenvalue weighted by atomic mass is 9.33. The minimum Gasteiger partial charge on any atom is -0.311 e. The van der Waals surface area contributed by atoms with Gasteiger partial charge < -0.3 is 14.2 Å². The maximum absolute atomic E-state index is 8.03. The van der Waals surface area contributed by atoms with Crippen molar-refractivity contribution in [1.82, 2.24) is 4.40 Å². The molecule has 0 atom stereocenters. The normalized spacial score (nSPS) is 12.8. The summed E-state index contributed by atoms with van der Waals surface area (Å²) in [6.45, 7) is 13.7. The van der Waals surface area contributed by atoms with Crippen LogP contribution in [0.2, 0.25) is 5.02 Å². The van der Waals surface area contributed by atoms with Crippen LogP contribution >= 0.6 is 11.6 Å². The molecule has 0 N–H and O–H groups in total. The van der Waals surface area contributed by atoms with Gasteiger partial charge in [0.25, 0.3) is 6.71 Å². The Bertz CT molecular complexity index is 5780. The monoisotopic (exact) mass is 1260 g/mol. The van der Waals surface area contributed by atoms with Crippen LogP contribution in [0.25, 0.3) is 115 Å². The molecule has 0 saturated carbocycles. The van der Waals surface area contributed by atoms with E-state index < -0.39 is 0 Å². The number of rotatable bonds is 7. The van der Waals surface area contributed by atoms with E-state index in [0.29, 0.717) is 5.02 Å². The fourth-order valence-electron chi connectivity index (χ4n) is 15.9. The average Bonchev–Trinajstić information content (AvgIpc) is 1.25. The highest BCUT2D eigenvalue weighted by Gasteiger charge is 2.45. The molecule has 16 aromatic rings. The van der Waals surface area contributed by atoms with Crippen LogP contribution in [0.5, 0.6) is 0 Å². The highest BCUT2D eigenvalue weighted by molar-refractivity contribution is 7.00. The third-order valence-electron chi connectivity index (χ3n) is 20.6. The average molecular weight is 1260 g/mol. The van der Waals surface area contributed by atoms with E-state index in [2.05, 4.69) is 365 Å². The standard InChI is InChI=1S/C92H69BClN3/c1-91(2,3)68-46-67(47-69(53-68)92(4,5)6)62-42-43-81-85(52-62)95(71-48-63(58-26-11-7-12-27-58)44-64(49-71)59-28-13-8-14-29-59)87-54-70(94)55-88-89(87)93(81)82-56-80-76-37-22-20-35-74(76)73-34-19-21-36-75(73)78-39-25-40-79-77-38-23-24-41-83(77)97(90(78)79)84(80)57-86(82)96(88)72-50-65(60-30-15-9-16-31-60)45-66(51-72)61-32-17-10-18-33-61/h7-57H,1-6H3. The first-order valence-corrected chi connectivity index (χ1v) is 34.3. The molecule has 18 rings (SSSR count). The Balaban J connectivity index is 1.03. The zero-order valence-electron chi connectivity index (χ0n) is 55.2. The number of para-hydroxylation sites is 2. The molecule has 2 aromatic heterocycles. The van der Waals surface area contributed by atoms with Crippen LogP contribution in [0, 0.1) is 0 Å². The van der Waals surface area contributed by atoms with E-state index in [1.54, 1.807) is 0 Å². The Morgan fingerprint density at radius 1 is 0.268 bits per heavy atom. The quantitative estimate of drug-likeness (QED) is 0.147. The van der Waals surface area contributed by atoms with Crippen LogP contribution in [-0.2, 0) is 10.8 Å². The molecule has 0 aliphatic carbocycles. The second kappa shape index (κ2) is 22.5. The lowest BCUT2D eigenvalue weighted by Crippen LogP contribution is -2.61. The van der Waals surface area contributed by atoms with Gasteiger partial charge in [0.2, 0.25) is 0 Å². The van der Waals surface area contributed by atoms with Gasteiger partial charge in [0, 0.05) is 60.7 Å². The summed E-state index contributed by atoms with van der Waals surface area (Å²) < 4.78 is 2.59. The summed E-state index contributed by atoms with van der Waals surface area (Å²) in [5, 5.41) is 10.2. The maximum atomic E-state index is 8.03. The lowest BCUT2D eigenvalue weighted by molar-refractivity contribution is 0.569. The summed E-state index contributed by atoms with van der Waals surface area (Å²) >= 11 is 8.03. The van der Waals surface area contributed by atoms with Crippen molar-refractivity contribution < 1.29 is 0 Å². The zero-order valence-corrected chi connectivity index (χ0v) is 56.0. The van der Waals surface area contributed by atoms with Crippen molar-refractivity contribution >= 4 is 128 Å². The van der Waals surface area contributed by atoms with Crippen molar-refractivity contribution in [3.05, 3.63) is 326 Å². The van der Waals surface area contributed by atoms with Crippen LogP contribution in [0.15, 0.2) is 309 Å². The molecule has 4 heterocycles. The van der Waals surface area contributed by atoms with Crippen LogP contribution in [0.4, 0.5) is 34.1 Å². The Morgan fingerprint density at radius 3 is 1.13 bits per heavy atom. The molecule has 462 valence electrons. The minimum absolute atomic E-state index is 0.0915. The topological polar surface area (TPSA) is 10.9 Å². The molecular weight excluding hydrogens is 1190 g/mol. The van der Waals surface area contributed by atoms with Gasteiger partial charge in [0.1, 0.15) is 0 Å². The number of halogens is 1. The van der Waals surface area contributed by atoms with Gasteiger partial charge in [-0.1, -0.05) is 296 Å². The number of aromatic nitrogens is 1. The van der Waals surface area contributed by atoms with Crippen LogP contribution in [-0.4, -0.2) is 11.1 Å². The van der Waals surface area contributed by atoms with Gasteiger partial charge in [-0.25, -0.2) is 0 Å². The van der Waals surface area contributed by atoms with E-state index in [1.165, 1.54) is 76.3 Å². The van der Waals surface area contributed by atoms with Crippen molar-refractivity contribution in [1.29, 1.82) is 0 Å². The van der Waals surface area contributed by atoms with Crippen molar-refractivity contribution in [2.45, 2.75) is 52.4 Å². The molecule has 2 aliphatic rings. The van der Waals surface area contributed by atoms with Gasteiger partial charge in [-0.2, -0.15) is 0 Å². The summed E-state index contributed by atoms with van der Waals surface area (Å²) in [6.07, 6.45) is 0. The van der Waals surface area contributed by atoms with Crippen molar-refractivity contribution in [3.63, 3.8) is 0 Å². The van der Waals surface area contributed by atoms with Crippen LogP contribution < -0.4 is 26.2 Å². The second-order valence-electron chi connectivity index (χ2n) is 28.6. The van der Waals surface area contributed by atoms with E-state index in [4.69, 9.17) is 11.6 Å². The molecule has 97 heavy (non-hydrogen) atoms. The van der Waals surface area contributed by atoms with Gasteiger partial charge in [-0.05, 0) is 182 Å². The molecule has 0 unspecified atom stereocenters. The molecule has 2 aliphatic heterocycles. The molecule has 14 aromatic carbocycles. The van der Waals surface area contributed by atoms with E-state index in [9.17, 15) is 0 Å². The third-order valence-corrected chi connectivity index (χ3v) is 20.8. The highest BCUT2D eigenvalue weighted by Crippen LogP contribution is 2.51. The van der Waals surface area contributed by atoms with Crippen molar-refractivity contribution in [2.75, 3.05) is 9.80 Å². The summed E-state index contributed by atoms with van der Waals surface area (Å²) in [5.41, 5.74) is 27.2. The predicted octanol–water partition coefficient (Wildman–Crippen LogP) is 23.9. The highest BCUT2D eigenvalue weighted by atomic mass is 35.5. The number of hydrogen-bond acceptors (Lipinski definition) is 2. The summed E-state index contributed by atoms with van der Waals surface area (Å²) in [5.74, 6) is 0. The minimum atomic E-state index is -0.275. The number of fused-ring (bicyclic) bond motifs is 14. The summed E-state index contributed by atoms with van der Waals surface area (Å²) in [4.78, 5) is 5.12. The molecule has 0 spiro atoms. The fraction of sp³-hybridized carbons (Fsp3) is 0.0870. The lowest BCUT2D eigenvalue weighted by Gasteiger charge is -2.44. The predicted molar refractivity (Wildman–Crippen MR) is 417 cm³/mol. The molecule has 0 saturated heterocycles. The van der Waals surface area contributed by atoms with Gasteiger partial charge >= 0.3 is 0 Å². The van der Waals surface area contributed by atoms with Gasteiger partial charge in [0.05, 0.1) is 16.6 Å². The van der Waals surface area contributed by atoms with Crippen LogP contribution in [0.1, 0.15) is 52.7 Å². The number of nitrogens with zero attached hydrogens (tertiary/aromatic N) is 3. The zero-order chi connectivity index (χ0) is 65.4. The first kappa shape index (κ1) is 58.4. The molecular formula is C92H69BClN3. The number of anilines is 6. The maximum Gasteiger partial charge on any atom is 0.252 e. The Hall–Kier alpha value is -11.2. The van der Waals surface area contributed by atoms with Crippen molar-refractivity contribution in [3.8, 4) is 55.6 Å². The summed E-state index contributed by atoms with van der Waals surface area (Å²) in [6, 6.07) is 116. The Kier molecular flexibility index (Phi) is 13.5. The smallest absolute Gasteiger partial charge is 0.252 e. The second-order valence-corrected chi connectivity index (χ2v) is 29.0. The van der Waals surface area contributed by atoms with Crippen molar-refractivity contribution in [2.24, 2.45) is 0 Å². The molecule has 0 amide bonds. The molecule has 3 nitrogen and oxygen atoms in total. The Labute approximate surface area is 572 Å². The molecule has 5 heteroatoms. The molecule has 0 bridgehead atoms. The SMILES string of the molecule is CC(C)(C)c1cc(-c2ccc3c(c2)N(c2cc(-c4ccccc4)cc(-c4ccccc4)c2)c2cc(Cl)cc4c2B3c2cc3c5ccccc5c5ccccc5c5cccc6c7ccccc7n(c3cc2N4c2cc(-c3ccccc3)cc(-c3ccccc3)c2)c56)cc(C(C)(C)C)c1. The Morgan fingerprint density at radius 2 is 0.660 bits per heavy atom. The first-order chi connectivity index (χ1) is 47.3.